The summed E-state index contributed by atoms with van der Waals surface area (Å²) < 4.78 is 0. The fourth-order valence-corrected chi connectivity index (χ4v) is 3.01. The zero-order valence-corrected chi connectivity index (χ0v) is 11.6. The molecule has 0 N–H and O–H groups in total. The number of hydrogen-bond donors (Lipinski definition) is 0. The van der Waals surface area contributed by atoms with E-state index in [4.69, 9.17) is 11.6 Å². The first-order chi connectivity index (χ1) is 8.63. The zero-order valence-electron chi connectivity index (χ0n) is 10.9. The summed E-state index contributed by atoms with van der Waals surface area (Å²) >= 11 is 5.87. The summed E-state index contributed by atoms with van der Waals surface area (Å²) in [6, 6.07) is 7.91. The molecule has 0 saturated heterocycles. The van der Waals surface area contributed by atoms with Gasteiger partial charge in [-0.2, -0.15) is 0 Å². The Morgan fingerprint density at radius 3 is 2.44 bits per heavy atom. The lowest BCUT2D eigenvalue weighted by atomic mass is 9.87. The molecule has 0 unspecified atom stereocenters. The SMILES string of the molecule is CN(Cc1ccc(Cl)cc1)CC1(C=O)CCCC1. The third kappa shape index (κ3) is 3.33. The molecule has 3 heteroatoms. The van der Waals surface area contributed by atoms with Crippen LogP contribution in [0.3, 0.4) is 0 Å². The summed E-state index contributed by atoms with van der Waals surface area (Å²) in [5.74, 6) is 0. The second-order valence-corrected chi connectivity index (χ2v) is 5.92. The van der Waals surface area contributed by atoms with Gasteiger partial charge >= 0.3 is 0 Å². The predicted molar refractivity (Wildman–Crippen MR) is 74.8 cm³/mol. The number of nitrogens with zero attached hydrogens (tertiary/aromatic N) is 1. The van der Waals surface area contributed by atoms with Crippen LogP contribution in [-0.2, 0) is 11.3 Å². The number of carbonyl (C=O) groups is 1. The minimum absolute atomic E-state index is 0.0961. The van der Waals surface area contributed by atoms with Crippen LogP contribution in [0.15, 0.2) is 24.3 Å². The van der Waals surface area contributed by atoms with Crippen molar-refractivity contribution in [3.8, 4) is 0 Å². The van der Waals surface area contributed by atoms with Crippen molar-refractivity contribution < 1.29 is 4.79 Å². The summed E-state index contributed by atoms with van der Waals surface area (Å²) in [6.45, 7) is 1.73. The van der Waals surface area contributed by atoms with E-state index in [1.165, 1.54) is 24.7 Å². The molecule has 0 aromatic heterocycles. The molecule has 0 bridgehead atoms. The Kier molecular flexibility index (Phi) is 4.41. The molecule has 0 amide bonds. The molecular weight excluding hydrogens is 246 g/mol. The largest absolute Gasteiger partial charge is 0.303 e. The highest BCUT2D eigenvalue weighted by atomic mass is 35.5. The van der Waals surface area contributed by atoms with E-state index >= 15 is 0 Å². The molecule has 0 heterocycles. The van der Waals surface area contributed by atoms with Crippen molar-refractivity contribution in [2.75, 3.05) is 13.6 Å². The van der Waals surface area contributed by atoms with Gasteiger partial charge in [0.2, 0.25) is 0 Å². The Morgan fingerprint density at radius 2 is 1.89 bits per heavy atom. The Labute approximate surface area is 114 Å². The predicted octanol–water partition coefficient (Wildman–Crippen LogP) is 3.53. The van der Waals surface area contributed by atoms with Gasteiger partial charge in [0.1, 0.15) is 6.29 Å². The molecule has 98 valence electrons. The number of aldehydes is 1. The van der Waals surface area contributed by atoms with Gasteiger partial charge in [-0.25, -0.2) is 0 Å². The molecule has 1 aliphatic rings. The Hall–Kier alpha value is -0.860. The van der Waals surface area contributed by atoms with E-state index in [1.54, 1.807) is 0 Å². The van der Waals surface area contributed by atoms with Crippen LogP contribution >= 0.6 is 11.6 Å². The van der Waals surface area contributed by atoms with E-state index in [9.17, 15) is 4.79 Å². The third-order valence-electron chi connectivity index (χ3n) is 3.80. The molecule has 2 rings (SSSR count). The van der Waals surface area contributed by atoms with E-state index in [-0.39, 0.29) is 5.41 Å². The molecule has 0 aliphatic heterocycles. The average Bonchev–Trinajstić information content (AvgIpc) is 2.81. The van der Waals surface area contributed by atoms with E-state index in [1.807, 2.05) is 24.3 Å². The van der Waals surface area contributed by atoms with Gasteiger partial charge < -0.3 is 9.69 Å². The average molecular weight is 266 g/mol. The van der Waals surface area contributed by atoms with E-state index in [0.29, 0.717) is 0 Å². The van der Waals surface area contributed by atoms with Gasteiger partial charge in [-0.05, 0) is 37.6 Å². The van der Waals surface area contributed by atoms with Crippen LogP contribution < -0.4 is 0 Å². The summed E-state index contributed by atoms with van der Waals surface area (Å²) in [5.41, 5.74) is 1.14. The van der Waals surface area contributed by atoms with Crippen LogP contribution in [-0.4, -0.2) is 24.8 Å². The van der Waals surface area contributed by atoms with Crippen LogP contribution in [0.5, 0.6) is 0 Å². The highest BCUT2D eigenvalue weighted by Crippen LogP contribution is 2.36. The number of halogens is 1. The minimum Gasteiger partial charge on any atom is -0.303 e. The van der Waals surface area contributed by atoms with Crippen molar-refractivity contribution in [1.29, 1.82) is 0 Å². The monoisotopic (exact) mass is 265 g/mol. The summed E-state index contributed by atoms with van der Waals surface area (Å²) in [4.78, 5) is 13.6. The van der Waals surface area contributed by atoms with E-state index in [2.05, 4.69) is 11.9 Å². The molecule has 0 spiro atoms. The fraction of sp³-hybridized carbons (Fsp3) is 0.533. The minimum atomic E-state index is -0.0961. The van der Waals surface area contributed by atoms with Crippen molar-refractivity contribution in [2.45, 2.75) is 32.2 Å². The standard InChI is InChI=1S/C15H20ClNO/c1-17(10-13-4-6-14(16)7-5-13)11-15(12-18)8-2-3-9-15/h4-7,12H,2-3,8-11H2,1H3. The first-order valence-electron chi connectivity index (χ1n) is 6.53. The van der Waals surface area contributed by atoms with Gasteiger partial charge in [-0.15, -0.1) is 0 Å². The van der Waals surface area contributed by atoms with Crippen LogP contribution in [0.1, 0.15) is 31.2 Å². The quantitative estimate of drug-likeness (QED) is 0.759. The highest BCUT2D eigenvalue weighted by molar-refractivity contribution is 6.30. The highest BCUT2D eigenvalue weighted by Gasteiger charge is 2.34. The number of carbonyl (C=O) groups excluding carboxylic acids is 1. The summed E-state index contributed by atoms with van der Waals surface area (Å²) in [5, 5.41) is 0.765. The van der Waals surface area contributed by atoms with Crippen molar-refractivity contribution in [3.05, 3.63) is 34.9 Å². The van der Waals surface area contributed by atoms with Gasteiger partial charge in [-0.1, -0.05) is 36.6 Å². The zero-order chi connectivity index (χ0) is 13.0. The molecule has 1 aromatic carbocycles. The molecule has 1 aromatic rings. The van der Waals surface area contributed by atoms with Crippen molar-refractivity contribution in [3.63, 3.8) is 0 Å². The van der Waals surface area contributed by atoms with Crippen LogP contribution in [0.4, 0.5) is 0 Å². The van der Waals surface area contributed by atoms with Crippen LogP contribution in [0, 0.1) is 5.41 Å². The normalized spacial score (nSPS) is 18.2. The maximum absolute atomic E-state index is 11.3. The Morgan fingerprint density at radius 1 is 1.28 bits per heavy atom. The second-order valence-electron chi connectivity index (χ2n) is 5.49. The fourth-order valence-electron chi connectivity index (χ4n) is 2.89. The molecule has 2 nitrogen and oxygen atoms in total. The van der Waals surface area contributed by atoms with Gasteiger partial charge in [-0.3, -0.25) is 0 Å². The summed E-state index contributed by atoms with van der Waals surface area (Å²) in [6.07, 6.45) is 5.64. The lowest BCUT2D eigenvalue weighted by Crippen LogP contribution is -2.34. The molecule has 1 fully saturated rings. The van der Waals surface area contributed by atoms with Gasteiger partial charge in [0.15, 0.2) is 0 Å². The first-order valence-corrected chi connectivity index (χ1v) is 6.91. The maximum Gasteiger partial charge on any atom is 0.127 e. The van der Waals surface area contributed by atoms with Gasteiger partial charge in [0, 0.05) is 23.5 Å². The molecule has 0 radical (unpaired) electrons. The smallest absolute Gasteiger partial charge is 0.127 e. The van der Waals surface area contributed by atoms with Crippen molar-refractivity contribution in [2.24, 2.45) is 5.41 Å². The number of hydrogen-bond acceptors (Lipinski definition) is 2. The first kappa shape index (κ1) is 13.6. The molecule has 1 saturated carbocycles. The number of benzene rings is 1. The summed E-state index contributed by atoms with van der Waals surface area (Å²) in [7, 11) is 2.08. The van der Waals surface area contributed by atoms with Crippen molar-refractivity contribution >= 4 is 17.9 Å². The third-order valence-corrected chi connectivity index (χ3v) is 4.05. The molecular formula is C15H20ClNO. The topological polar surface area (TPSA) is 20.3 Å². The number of rotatable bonds is 5. The van der Waals surface area contributed by atoms with Gasteiger partial charge in [0.25, 0.3) is 0 Å². The molecule has 0 atom stereocenters. The maximum atomic E-state index is 11.3. The lowest BCUT2D eigenvalue weighted by Gasteiger charge is -2.28. The van der Waals surface area contributed by atoms with Gasteiger partial charge in [0.05, 0.1) is 0 Å². The Bertz CT molecular complexity index is 395. The molecule has 18 heavy (non-hydrogen) atoms. The van der Waals surface area contributed by atoms with E-state index in [0.717, 1.165) is 31.0 Å². The Balaban J connectivity index is 1.93. The van der Waals surface area contributed by atoms with E-state index < -0.39 is 0 Å². The van der Waals surface area contributed by atoms with Crippen molar-refractivity contribution in [1.82, 2.24) is 4.90 Å². The van der Waals surface area contributed by atoms with Crippen LogP contribution in [0.2, 0.25) is 5.02 Å². The van der Waals surface area contributed by atoms with Crippen LogP contribution in [0.25, 0.3) is 0 Å². The second kappa shape index (κ2) is 5.85. The molecule has 1 aliphatic carbocycles. The lowest BCUT2D eigenvalue weighted by molar-refractivity contribution is -0.116.